The summed E-state index contributed by atoms with van der Waals surface area (Å²) in [5.74, 6) is 1.17. The van der Waals surface area contributed by atoms with E-state index in [4.69, 9.17) is 30.8 Å². The van der Waals surface area contributed by atoms with Gasteiger partial charge in [-0.3, -0.25) is 4.98 Å². The molecule has 4 aromatic rings. The first-order valence-electron chi connectivity index (χ1n) is 11.8. The molecule has 0 saturated heterocycles. The third-order valence-corrected chi connectivity index (χ3v) is 6.43. The van der Waals surface area contributed by atoms with Gasteiger partial charge >= 0.3 is 5.97 Å². The van der Waals surface area contributed by atoms with Crippen LogP contribution in [0.2, 0.25) is 5.02 Å². The maximum absolute atomic E-state index is 12.3. The molecule has 0 spiro atoms. The Morgan fingerprint density at radius 3 is 2.61 bits per heavy atom. The van der Waals surface area contributed by atoms with Crippen LogP contribution < -0.4 is 4.74 Å². The number of methoxy groups -OCH3 is 1. The number of nitrogens with zero attached hydrogens (tertiary/aromatic N) is 3. The van der Waals surface area contributed by atoms with Crippen LogP contribution in [0.25, 0.3) is 11.0 Å². The van der Waals surface area contributed by atoms with Crippen molar-refractivity contribution in [2.75, 3.05) is 13.7 Å². The normalized spacial score (nSPS) is 11.2. The maximum Gasteiger partial charge on any atom is 0.338 e. The minimum absolute atomic E-state index is 0.235. The molecule has 0 fully saturated rings. The van der Waals surface area contributed by atoms with Crippen LogP contribution in [0.4, 0.5) is 0 Å². The topological polar surface area (TPSA) is 75.5 Å². The van der Waals surface area contributed by atoms with Gasteiger partial charge in [-0.2, -0.15) is 0 Å². The predicted molar refractivity (Wildman–Crippen MR) is 140 cm³/mol. The Morgan fingerprint density at radius 2 is 1.89 bits per heavy atom. The zero-order chi connectivity index (χ0) is 25.8. The Bertz CT molecular complexity index is 1410. The standard InChI is InChI=1S/C28H30ClN3O4/c1-6-35-15-20-11-23(29)24(30-13-20)14-32-19(4)31-27-18(3)10-22(12-25(27)32)36-16-21-9-7-8-17(2)26(21)28(33)34-5/h7-13H,6,14-16H2,1-5H3. The van der Waals surface area contributed by atoms with Crippen LogP contribution in [-0.4, -0.2) is 34.2 Å². The number of carbonyl (C=O) groups excluding carboxylic acids is 1. The SMILES string of the molecule is CCOCc1cnc(Cn2c(C)nc3c(C)cc(OCc4cccc(C)c4C(=O)OC)cc32)c(Cl)c1. The van der Waals surface area contributed by atoms with Crippen molar-refractivity contribution in [3.8, 4) is 5.75 Å². The van der Waals surface area contributed by atoms with Crippen molar-refractivity contribution in [2.24, 2.45) is 0 Å². The second-order valence-electron chi connectivity index (χ2n) is 8.65. The van der Waals surface area contributed by atoms with Crippen molar-refractivity contribution in [3.63, 3.8) is 0 Å². The first-order chi connectivity index (χ1) is 17.3. The number of carbonyl (C=O) groups is 1. The van der Waals surface area contributed by atoms with Crippen molar-refractivity contribution in [1.29, 1.82) is 0 Å². The lowest BCUT2D eigenvalue weighted by atomic mass is 10.0. The monoisotopic (exact) mass is 507 g/mol. The Morgan fingerprint density at radius 1 is 1.08 bits per heavy atom. The minimum atomic E-state index is -0.372. The second kappa shape index (κ2) is 11.1. The molecule has 0 N–H and O–H groups in total. The molecule has 0 saturated carbocycles. The first-order valence-corrected chi connectivity index (χ1v) is 12.2. The quantitative estimate of drug-likeness (QED) is 0.260. The molecule has 7 nitrogen and oxygen atoms in total. The van der Waals surface area contributed by atoms with Crippen molar-refractivity contribution in [3.05, 3.63) is 87.0 Å². The molecule has 188 valence electrons. The molecular weight excluding hydrogens is 478 g/mol. The van der Waals surface area contributed by atoms with Gasteiger partial charge in [0.05, 0.1) is 47.6 Å². The van der Waals surface area contributed by atoms with Crippen molar-refractivity contribution < 1.29 is 19.0 Å². The number of hydrogen-bond acceptors (Lipinski definition) is 6. The number of aromatic nitrogens is 3. The number of pyridine rings is 1. The minimum Gasteiger partial charge on any atom is -0.489 e. The number of fused-ring (bicyclic) bond motifs is 1. The fraction of sp³-hybridized carbons (Fsp3) is 0.321. The molecule has 2 aromatic heterocycles. The van der Waals surface area contributed by atoms with Crippen LogP contribution in [0.1, 0.15) is 51.1 Å². The van der Waals surface area contributed by atoms with Crippen molar-refractivity contribution in [2.45, 2.75) is 47.5 Å². The van der Waals surface area contributed by atoms with E-state index in [1.54, 1.807) is 6.20 Å². The molecule has 0 bridgehead atoms. The van der Waals surface area contributed by atoms with Crippen molar-refractivity contribution >= 4 is 28.6 Å². The molecule has 0 atom stereocenters. The Hall–Kier alpha value is -3.42. The van der Waals surface area contributed by atoms with Crippen LogP contribution in [0.5, 0.6) is 5.75 Å². The van der Waals surface area contributed by atoms with E-state index in [9.17, 15) is 4.79 Å². The van der Waals surface area contributed by atoms with Gasteiger partial charge in [-0.25, -0.2) is 9.78 Å². The van der Waals surface area contributed by atoms with Gasteiger partial charge in [0, 0.05) is 24.4 Å². The fourth-order valence-electron chi connectivity index (χ4n) is 4.23. The largest absolute Gasteiger partial charge is 0.489 e. The van der Waals surface area contributed by atoms with E-state index < -0.39 is 0 Å². The number of aryl methyl sites for hydroxylation is 3. The van der Waals surface area contributed by atoms with Gasteiger partial charge in [-0.15, -0.1) is 0 Å². The number of rotatable bonds is 9. The Balaban J connectivity index is 1.63. The molecule has 0 aliphatic carbocycles. The highest BCUT2D eigenvalue weighted by atomic mass is 35.5. The van der Waals surface area contributed by atoms with Gasteiger partial charge in [0.2, 0.25) is 0 Å². The molecule has 36 heavy (non-hydrogen) atoms. The number of benzene rings is 2. The summed E-state index contributed by atoms with van der Waals surface area (Å²) in [7, 11) is 1.38. The van der Waals surface area contributed by atoms with E-state index in [-0.39, 0.29) is 12.6 Å². The van der Waals surface area contributed by atoms with Gasteiger partial charge < -0.3 is 18.8 Å². The lowest BCUT2D eigenvalue weighted by molar-refractivity contribution is 0.0597. The highest BCUT2D eigenvalue weighted by Crippen LogP contribution is 2.28. The lowest BCUT2D eigenvalue weighted by Crippen LogP contribution is -2.10. The summed E-state index contributed by atoms with van der Waals surface area (Å²) in [5, 5.41) is 0.590. The Kier molecular flexibility index (Phi) is 7.91. The van der Waals surface area contributed by atoms with Crippen molar-refractivity contribution in [1.82, 2.24) is 14.5 Å². The highest BCUT2D eigenvalue weighted by Gasteiger charge is 2.17. The fourth-order valence-corrected chi connectivity index (χ4v) is 4.48. The predicted octanol–water partition coefficient (Wildman–Crippen LogP) is 5.96. The zero-order valence-electron chi connectivity index (χ0n) is 21.2. The van der Waals surface area contributed by atoms with Gasteiger partial charge in [0.1, 0.15) is 18.2 Å². The van der Waals surface area contributed by atoms with Crippen LogP contribution in [0.3, 0.4) is 0 Å². The molecule has 2 aromatic carbocycles. The van der Waals surface area contributed by atoms with E-state index >= 15 is 0 Å². The smallest absolute Gasteiger partial charge is 0.338 e. The average molecular weight is 508 g/mol. The lowest BCUT2D eigenvalue weighted by Gasteiger charge is -2.13. The van der Waals surface area contributed by atoms with Crippen LogP contribution in [-0.2, 0) is 29.2 Å². The second-order valence-corrected chi connectivity index (χ2v) is 9.06. The average Bonchev–Trinajstić information content (AvgIpc) is 3.18. The molecule has 4 rings (SSSR count). The number of imidazole rings is 1. The highest BCUT2D eigenvalue weighted by molar-refractivity contribution is 6.31. The molecule has 0 aliphatic rings. The number of hydrogen-bond donors (Lipinski definition) is 0. The van der Waals surface area contributed by atoms with Crippen LogP contribution in [0.15, 0.2) is 42.6 Å². The maximum atomic E-state index is 12.3. The van der Waals surface area contributed by atoms with Gasteiger partial charge in [0.15, 0.2) is 0 Å². The third-order valence-electron chi connectivity index (χ3n) is 6.11. The summed E-state index contributed by atoms with van der Waals surface area (Å²) < 4.78 is 18.7. The molecule has 0 unspecified atom stereocenters. The molecule has 0 aliphatic heterocycles. The van der Waals surface area contributed by atoms with Gasteiger partial charge in [0.25, 0.3) is 0 Å². The van der Waals surface area contributed by atoms with Crippen LogP contribution in [0, 0.1) is 20.8 Å². The van der Waals surface area contributed by atoms with Crippen LogP contribution >= 0.6 is 11.6 Å². The first kappa shape index (κ1) is 25.7. The summed E-state index contributed by atoms with van der Waals surface area (Å²) in [4.78, 5) is 21.7. The molecule has 0 radical (unpaired) electrons. The van der Waals surface area contributed by atoms with E-state index in [0.29, 0.717) is 36.1 Å². The third kappa shape index (κ3) is 5.37. The summed E-state index contributed by atoms with van der Waals surface area (Å²) in [5.41, 5.74) is 6.66. The Labute approximate surface area is 216 Å². The van der Waals surface area contributed by atoms with E-state index in [2.05, 4.69) is 9.55 Å². The van der Waals surface area contributed by atoms with E-state index in [1.807, 2.05) is 64.1 Å². The summed E-state index contributed by atoms with van der Waals surface area (Å²) in [6.45, 7) is 9.64. The number of ether oxygens (including phenoxy) is 3. The van der Waals surface area contributed by atoms with E-state index in [1.165, 1.54) is 7.11 Å². The van der Waals surface area contributed by atoms with Gasteiger partial charge in [-0.1, -0.05) is 29.8 Å². The van der Waals surface area contributed by atoms with E-state index in [0.717, 1.165) is 44.8 Å². The number of halogens is 1. The molecule has 2 heterocycles. The molecular formula is C28H30ClN3O4. The zero-order valence-corrected chi connectivity index (χ0v) is 22.0. The summed E-state index contributed by atoms with van der Waals surface area (Å²) >= 11 is 6.56. The molecule has 8 heteroatoms. The summed E-state index contributed by atoms with van der Waals surface area (Å²) in [6.07, 6.45) is 1.80. The molecule has 0 amide bonds. The van der Waals surface area contributed by atoms with Gasteiger partial charge in [-0.05, 0) is 56.5 Å². The summed E-state index contributed by atoms with van der Waals surface area (Å²) in [6, 6.07) is 11.5. The number of esters is 1.